The first kappa shape index (κ1) is 29.0. The number of unbranched alkanes of at least 4 members (excludes halogenated alkanes) is 2. The average Bonchev–Trinajstić information content (AvgIpc) is 3.28. The molecule has 1 amide bonds. The summed E-state index contributed by atoms with van der Waals surface area (Å²) in [6.45, 7) is 4.16. The van der Waals surface area contributed by atoms with Gasteiger partial charge in [-0.15, -0.1) is 0 Å². The molecule has 0 aliphatic rings. The highest BCUT2D eigenvalue weighted by molar-refractivity contribution is 5.82. The maximum absolute atomic E-state index is 12.1. The number of methoxy groups -OCH3 is 2. The Balaban J connectivity index is 1.72. The fourth-order valence-electron chi connectivity index (χ4n) is 4.17. The largest absolute Gasteiger partial charge is 0.497 e. The number of amides is 1. The first-order chi connectivity index (χ1) is 18.5. The van der Waals surface area contributed by atoms with Crippen molar-refractivity contribution in [2.24, 2.45) is 0 Å². The lowest BCUT2D eigenvalue weighted by Crippen LogP contribution is -2.31. The zero-order valence-electron chi connectivity index (χ0n) is 22.9. The van der Waals surface area contributed by atoms with Gasteiger partial charge in [0.2, 0.25) is 5.91 Å². The Labute approximate surface area is 224 Å². The van der Waals surface area contributed by atoms with E-state index in [1.54, 1.807) is 19.1 Å². The molecule has 0 N–H and O–H groups in total. The van der Waals surface area contributed by atoms with Crippen molar-refractivity contribution in [3.05, 3.63) is 42.5 Å². The van der Waals surface area contributed by atoms with Crippen LogP contribution in [0.25, 0.3) is 22.4 Å². The Hall–Kier alpha value is -3.59. The van der Waals surface area contributed by atoms with Gasteiger partial charge in [0.1, 0.15) is 23.9 Å². The molecule has 1 heterocycles. The highest BCUT2D eigenvalue weighted by Gasteiger charge is 2.15. The third kappa shape index (κ3) is 8.21. The highest BCUT2D eigenvalue weighted by Crippen LogP contribution is 2.29. The fourth-order valence-corrected chi connectivity index (χ4v) is 4.17. The average molecular weight is 526 g/mol. The van der Waals surface area contributed by atoms with Crippen molar-refractivity contribution in [3.63, 3.8) is 0 Å². The lowest BCUT2D eigenvalue weighted by molar-refractivity contribution is -0.143. The number of benzene rings is 2. The van der Waals surface area contributed by atoms with Gasteiger partial charge in [0.15, 0.2) is 0 Å². The normalized spacial score (nSPS) is 10.9. The summed E-state index contributed by atoms with van der Waals surface area (Å²) in [6, 6.07) is 13.8. The first-order valence-corrected chi connectivity index (χ1v) is 13.1. The van der Waals surface area contributed by atoms with Gasteiger partial charge in [-0.2, -0.15) is 0 Å². The molecular weight excluding hydrogens is 486 g/mol. The summed E-state index contributed by atoms with van der Waals surface area (Å²) in [5.74, 6) is 2.22. The molecule has 9 nitrogen and oxygen atoms in total. The van der Waals surface area contributed by atoms with Gasteiger partial charge in [0.05, 0.1) is 31.4 Å². The monoisotopic (exact) mass is 525 g/mol. The van der Waals surface area contributed by atoms with Crippen LogP contribution in [-0.4, -0.2) is 74.0 Å². The van der Waals surface area contributed by atoms with Crippen LogP contribution in [0.5, 0.6) is 11.5 Å². The van der Waals surface area contributed by atoms with Crippen LogP contribution in [0.2, 0.25) is 0 Å². The number of carbonyl (C=O) groups excluding carboxylic acids is 2. The van der Waals surface area contributed by atoms with Crippen LogP contribution in [-0.2, 0) is 25.6 Å². The van der Waals surface area contributed by atoms with Gasteiger partial charge in [0, 0.05) is 45.3 Å². The topological polar surface area (TPSA) is 92.1 Å². The fraction of sp³-hybridized carbons (Fsp3) is 0.483. The van der Waals surface area contributed by atoms with Crippen molar-refractivity contribution in [2.75, 3.05) is 47.6 Å². The van der Waals surface area contributed by atoms with Gasteiger partial charge >= 0.3 is 5.97 Å². The maximum atomic E-state index is 12.1. The number of likely N-dealkylation sites (N-methyl/N-ethyl adjacent to an activating group) is 1. The number of rotatable bonds is 16. The van der Waals surface area contributed by atoms with Crippen LogP contribution < -0.4 is 9.47 Å². The Morgan fingerprint density at radius 3 is 2.45 bits per heavy atom. The molecule has 0 atom stereocenters. The minimum absolute atomic E-state index is 0.0451. The number of fused-ring (bicyclic) bond motifs is 1. The zero-order valence-corrected chi connectivity index (χ0v) is 22.9. The summed E-state index contributed by atoms with van der Waals surface area (Å²) in [5.41, 5.74) is 2.83. The molecule has 9 heteroatoms. The van der Waals surface area contributed by atoms with Gasteiger partial charge in [-0.1, -0.05) is 0 Å². The van der Waals surface area contributed by atoms with E-state index in [9.17, 15) is 9.59 Å². The van der Waals surface area contributed by atoms with Crippen molar-refractivity contribution >= 4 is 22.9 Å². The minimum Gasteiger partial charge on any atom is -0.497 e. The van der Waals surface area contributed by atoms with E-state index in [-0.39, 0.29) is 18.5 Å². The van der Waals surface area contributed by atoms with E-state index in [1.807, 2.05) is 49.4 Å². The van der Waals surface area contributed by atoms with Crippen molar-refractivity contribution in [1.82, 2.24) is 14.5 Å². The minimum atomic E-state index is -0.144. The van der Waals surface area contributed by atoms with Crippen LogP contribution in [0.15, 0.2) is 42.5 Å². The summed E-state index contributed by atoms with van der Waals surface area (Å²) in [4.78, 5) is 30.2. The van der Waals surface area contributed by atoms with Crippen LogP contribution in [0.3, 0.4) is 0 Å². The van der Waals surface area contributed by atoms with Gasteiger partial charge in [0.25, 0.3) is 0 Å². The molecule has 0 aliphatic heterocycles. The molecule has 0 saturated carbocycles. The second kappa shape index (κ2) is 15.0. The van der Waals surface area contributed by atoms with Crippen LogP contribution >= 0.6 is 0 Å². The van der Waals surface area contributed by atoms with Gasteiger partial charge in [-0.25, -0.2) is 4.98 Å². The molecule has 206 valence electrons. The first-order valence-electron chi connectivity index (χ1n) is 13.1. The van der Waals surface area contributed by atoms with E-state index in [0.29, 0.717) is 32.7 Å². The molecule has 0 saturated heterocycles. The smallest absolute Gasteiger partial charge is 0.305 e. The molecule has 3 rings (SSSR count). The Morgan fingerprint density at radius 1 is 0.974 bits per heavy atom. The number of esters is 1. The summed E-state index contributed by atoms with van der Waals surface area (Å²) < 4.78 is 23.5. The molecule has 1 aromatic heterocycles. The second-order valence-electron chi connectivity index (χ2n) is 9.03. The molecule has 0 radical (unpaired) electrons. The lowest BCUT2D eigenvalue weighted by Gasteiger charge is -2.17. The van der Waals surface area contributed by atoms with Crippen LogP contribution in [0, 0.1) is 0 Å². The molecule has 0 fully saturated rings. The molecule has 38 heavy (non-hydrogen) atoms. The molecule has 2 aromatic carbocycles. The second-order valence-corrected chi connectivity index (χ2v) is 9.03. The van der Waals surface area contributed by atoms with Crippen molar-refractivity contribution in [2.45, 2.75) is 45.6 Å². The Bertz CT molecular complexity index is 1180. The van der Waals surface area contributed by atoms with E-state index < -0.39 is 0 Å². The van der Waals surface area contributed by atoms with Gasteiger partial charge in [-0.05, 0) is 69.0 Å². The molecule has 0 unspecified atom stereocenters. The van der Waals surface area contributed by atoms with Crippen molar-refractivity contribution in [3.8, 4) is 22.9 Å². The standard InChI is InChI=1S/C29H39N3O6/c1-5-37-28(34)10-7-6-8-19-38-24-15-16-25-26(20-24)32(18-9-17-31(2)27(33)21-35-3)29(30-25)22-11-13-23(36-4)14-12-22/h11-16,20H,5-10,17-19,21H2,1-4H3. The number of aryl methyl sites for hydroxylation is 1. The molecule has 0 spiro atoms. The SMILES string of the molecule is CCOC(=O)CCCCCOc1ccc2nc(-c3ccc(OC)cc3)n(CCCN(C)C(=O)COC)c2c1. The Kier molecular flexibility index (Phi) is 11.4. The molecule has 3 aromatic rings. The van der Waals surface area contributed by atoms with E-state index in [1.165, 1.54) is 7.11 Å². The lowest BCUT2D eigenvalue weighted by atomic mass is 10.2. The van der Waals surface area contributed by atoms with Crippen LogP contribution in [0.4, 0.5) is 0 Å². The van der Waals surface area contributed by atoms with Gasteiger partial charge < -0.3 is 28.4 Å². The van der Waals surface area contributed by atoms with Crippen LogP contribution in [0.1, 0.15) is 39.0 Å². The van der Waals surface area contributed by atoms with E-state index in [2.05, 4.69) is 4.57 Å². The number of hydrogen-bond donors (Lipinski definition) is 0. The number of nitrogens with zero attached hydrogens (tertiary/aromatic N) is 3. The van der Waals surface area contributed by atoms with E-state index in [0.717, 1.165) is 59.6 Å². The quantitative estimate of drug-likeness (QED) is 0.198. The predicted molar refractivity (Wildman–Crippen MR) is 146 cm³/mol. The summed E-state index contributed by atoms with van der Waals surface area (Å²) in [5, 5.41) is 0. The predicted octanol–water partition coefficient (Wildman–Crippen LogP) is 4.71. The summed E-state index contributed by atoms with van der Waals surface area (Å²) >= 11 is 0. The number of carbonyl (C=O) groups is 2. The molecular formula is C29H39N3O6. The Morgan fingerprint density at radius 2 is 1.74 bits per heavy atom. The highest BCUT2D eigenvalue weighted by atomic mass is 16.5. The number of imidazole rings is 1. The van der Waals surface area contributed by atoms with E-state index >= 15 is 0 Å². The molecule has 0 aliphatic carbocycles. The zero-order chi connectivity index (χ0) is 27.3. The molecule has 0 bridgehead atoms. The maximum Gasteiger partial charge on any atom is 0.305 e. The summed E-state index contributed by atoms with van der Waals surface area (Å²) in [6.07, 6.45) is 3.75. The van der Waals surface area contributed by atoms with Gasteiger partial charge in [-0.3, -0.25) is 9.59 Å². The van der Waals surface area contributed by atoms with Crippen molar-refractivity contribution < 1.29 is 28.5 Å². The third-order valence-electron chi connectivity index (χ3n) is 6.24. The number of hydrogen-bond acceptors (Lipinski definition) is 7. The van der Waals surface area contributed by atoms with E-state index in [4.69, 9.17) is 23.9 Å². The summed E-state index contributed by atoms with van der Waals surface area (Å²) in [7, 11) is 4.96. The third-order valence-corrected chi connectivity index (χ3v) is 6.24. The van der Waals surface area contributed by atoms with Crippen molar-refractivity contribution in [1.29, 1.82) is 0 Å². The number of ether oxygens (including phenoxy) is 4. The number of aromatic nitrogens is 2.